The lowest BCUT2D eigenvalue weighted by atomic mass is 9.79. The van der Waals surface area contributed by atoms with E-state index < -0.39 is 5.97 Å². The van der Waals surface area contributed by atoms with Crippen molar-refractivity contribution in [2.45, 2.75) is 37.9 Å². The van der Waals surface area contributed by atoms with Crippen molar-refractivity contribution in [2.24, 2.45) is 23.7 Å². The third kappa shape index (κ3) is 1.70. The monoisotopic (exact) mass is 252 g/mol. The number of fused-ring (bicyclic) bond motifs is 5. The zero-order valence-electron chi connectivity index (χ0n) is 10.4. The van der Waals surface area contributed by atoms with Gasteiger partial charge in [0, 0.05) is 5.92 Å². The minimum Gasteiger partial charge on any atom is -0.459 e. The summed E-state index contributed by atoms with van der Waals surface area (Å²) in [5.41, 5.74) is 0.127. The van der Waals surface area contributed by atoms with Gasteiger partial charge in [-0.3, -0.25) is 0 Å². The molecule has 4 nitrogen and oxygen atoms in total. The summed E-state index contributed by atoms with van der Waals surface area (Å²) in [4.78, 5) is 11.7. The third-order valence-corrected chi connectivity index (χ3v) is 5.15. The molecule has 0 aromatic rings. The van der Waals surface area contributed by atoms with Crippen molar-refractivity contribution >= 4 is 5.97 Å². The number of esters is 1. The van der Waals surface area contributed by atoms with Gasteiger partial charge < -0.3 is 14.9 Å². The Morgan fingerprint density at radius 1 is 1.28 bits per heavy atom. The molecular formula is C14H20O4. The number of ether oxygens (including phenoxy) is 1. The highest BCUT2D eigenvalue weighted by Crippen LogP contribution is 2.59. The number of hydrogen-bond acceptors (Lipinski definition) is 4. The number of hydrogen-bond donors (Lipinski definition) is 2. The fourth-order valence-corrected chi connectivity index (χ4v) is 4.46. The Morgan fingerprint density at radius 3 is 2.78 bits per heavy atom. The van der Waals surface area contributed by atoms with Gasteiger partial charge in [0.05, 0.1) is 18.3 Å². The van der Waals surface area contributed by atoms with Crippen molar-refractivity contribution in [3.05, 3.63) is 12.2 Å². The van der Waals surface area contributed by atoms with Crippen LogP contribution in [-0.2, 0) is 9.53 Å². The molecule has 2 N–H and O–H groups in total. The fraction of sp³-hybridized carbons (Fsp3) is 0.786. The van der Waals surface area contributed by atoms with Crippen molar-refractivity contribution in [1.29, 1.82) is 0 Å². The SMILES string of the molecule is C=C(CO)C(=O)OC1CCC2C3CC(CC3O)C12. The molecule has 3 aliphatic carbocycles. The number of aliphatic hydroxyl groups is 2. The standard InChI is InChI=1S/C14H20O4/c1-7(6-15)14(17)18-12-3-2-9-10-4-8(13(9)12)5-11(10)16/h8-13,15-16H,1-6H2. The van der Waals surface area contributed by atoms with Gasteiger partial charge in [-0.2, -0.15) is 0 Å². The maximum Gasteiger partial charge on any atom is 0.336 e. The van der Waals surface area contributed by atoms with E-state index in [-0.39, 0.29) is 24.4 Å². The van der Waals surface area contributed by atoms with Crippen LogP contribution in [0.3, 0.4) is 0 Å². The van der Waals surface area contributed by atoms with Gasteiger partial charge >= 0.3 is 5.97 Å². The first kappa shape index (κ1) is 12.2. The molecule has 0 radical (unpaired) electrons. The van der Waals surface area contributed by atoms with Crippen LogP contribution in [0.1, 0.15) is 25.7 Å². The quantitative estimate of drug-likeness (QED) is 0.578. The molecule has 18 heavy (non-hydrogen) atoms. The first-order valence-electron chi connectivity index (χ1n) is 6.79. The van der Waals surface area contributed by atoms with Crippen molar-refractivity contribution < 1.29 is 19.7 Å². The number of carbonyl (C=O) groups is 1. The van der Waals surface area contributed by atoms with E-state index in [1.165, 1.54) is 0 Å². The predicted molar refractivity (Wildman–Crippen MR) is 64.5 cm³/mol. The van der Waals surface area contributed by atoms with Crippen LogP contribution < -0.4 is 0 Å². The number of carbonyl (C=O) groups excluding carboxylic acids is 1. The molecule has 6 unspecified atom stereocenters. The number of aliphatic hydroxyl groups excluding tert-OH is 2. The highest BCUT2D eigenvalue weighted by molar-refractivity contribution is 5.88. The first-order chi connectivity index (χ1) is 8.61. The van der Waals surface area contributed by atoms with Gasteiger partial charge in [0.15, 0.2) is 0 Å². The lowest BCUT2D eigenvalue weighted by Gasteiger charge is -2.31. The molecule has 0 amide bonds. The van der Waals surface area contributed by atoms with Crippen LogP contribution in [0.25, 0.3) is 0 Å². The third-order valence-electron chi connectivity index (χ3n) is 5.15. The van der Waals surface area contributed by atoms with Crippen molar-refractivity contribution in [1.82, 2.24) is 0 Å². The molecule has 6 atom stereocenters. The second kappa shape index (κ2) is 4.35. The molecule has 100 valence electrons. The molecule has 0 aromatic heterocycles. The van der Waals surface area contributed by atoms with Gasteiger partial charge in [0.25, 0.3) is 0 Å². The summed E-state index contributed by atoms with van der Waals surface area (Å²) in [5.74, 6) is 1.42. The minimum absolute atomic E-state index is 0.0340. The van der Waals surface area contributed by atoms with Crippen LogP contribution in [-0.4, -0.2) is 35.0 Å². The lowest BCUT2D eigenvalue weighted by Crippen LogP contribution is -2.34. The molecule has 3 rings (SSSR count). The number of rotatable bonds is 3. The summed E-state index contributed by atoms with van der Waals surface area (Å²) >= 11 is 0. The summed E-state index contributed by atoms with van der Waals surface area (Å²) in [6.07, 6.45) is 3.71. The Kier molecular flexibility index (Phi) is 2.94. The molecule has 4 heteroatoms. The summed E-state index contributed by atoms with van der Waals surface area (Å²) in [7, 11) is 0. The van der Waals surface area contributed by atoms with Gasteiger partial charge in [0.1, 0.15) is 6.10 Å². The van der Waals surface area contributed by atoms with Gasteiger partial charge in [-0.25, -0.2) is 4.79 Å². The fourth-order valence-electron chi connectivity index (χ4n) is 4.46. The Morgan fingerprint density at radius 2 is 2.06 bits per heavy atom. The predicted octanol–water partition coefficient (Wildman–Crippen LogP) is 0.874. The van der Waals surface area contributed by atoms with E-state index in [1.54, 1.807) is 0 Å². The highest BCUT2D eigenvalue weighted by atomic mass is 16.5. The van der Waals surface area contributed by atoms with Gasteiger partial charge in [-0.1, -0.05) is 6.58 Å². The molecular weight excluding hydrogens is 232 g/mol. The van der Waals surface area contributed by atoms with Gasteiger partial charge in [-0.05, 0) is 43.4 Å². The summed E-state index contributed by atoms with van der Waals surface area (Å²) in [5, 5.41) is 18.8. The van der Waals surface area contributed by atoms with E-state index in [9.17, 15) is 9.90 Å². The smallest absolute Gasteiger partial charge is 0.336 e. The largest absolute Gasteiger partial charge is 0.459 e. The zero-order chi connectivity index (χ0) is 12.9. The van der Waals surface area contributed by atoms with Gasteiger partial charge in [0.2, 0.25) is 0 Å². The van der Waals surface area contributed by atoms with E-state index in [0.29, 0.717) is 23.7 Å². The molecule has 2 bridgehead atoms. The van der Waals surface area contributed by atoms with Crippen LogP contribution in [0.15, 0.2) is 12.2 Å². The Labute approximate surface area is 107 Å². The van der Waals surface area contributed by atoms with Crippen LogP contribution in [0, 0.1) is 23.7 Å². The molecule has 3 saturated carbocycles. The van der Waals surface area contributed by atoms with E-state index in [1.807, 2.05) is 0 Å². The van der Waals surface area contributed by atoms with Gasteiger partial charge in [-0.15, -0.1) is 0 Å². The average Bonchev–Trinajstić information content (AvgIpc) is 3.00. The van der Waals surface area contributed by atoms with Crippen LogP contribution in [0.5, 0.6) is 0 Å². The van der Waals surface area contributed by atoms with E-state index in [0.717, 1.165) is 25.7 Å². The second-order valence-corrected chi connectivity index (χ2v) is 5.99. The molecule has 3 aliphatic rings. The van der Waals surface area contributed by atoms with Crippen LogP contribution in [0.4, 0.5) is 0 Å². The molecule has 0 aromatic carbocycles. The first-order valence-corrected chi connectivity index (χ1v) is 6.79. The normalized spacial score (nSPS) is 45.0. The molecule has 0 spiro atoms. The van der Waals surface area contributed by atoms with E-state index in [4.69, 9.17) is 9.84 Å². The second-order valence-electron chi connectivity index (χ2n) is 5.99. The average molecular weight is 252 g/mol. The lowest BCUT2D eigenvalue weighted by molar-refractivity contribution is -0.147. The highest BCUT2D eigenvalue weighted by Gasteiger charge is 2.57. The summed E-state index contributed by atoms with van der Waals surface area (Å²) in [6, 6.07) is 0. The molecule has 3 fully saturated rings. The molecule has 0 heterocycles. The Bertz CT molecular complexity index is 378. The maximum atomic E-state index is 11.7. The summed E-state index contributed by atoms with van der Waals surface area (Å²) < 4.78 is 5.49. The molecule has 0 aliphatic heterocycles. The minimum atomic E-state index is -0.466. The summed E-state index contributed by atoms with van der Waals surface area (Å²) in [6.45, 7) is 3.15. The topological polar surface area (TPSA) is 66.8 Å². The maximum absolute atomic E-state index is 11.7. The van der Waals surface area contributed by atoms with Crippen LogP contribution >= 0.6 is 0 Å². The Balaban J connectivity index is 1.67. The van der Waals surface area contributed by atoms with Crippen molar-refractivity contribution in [2.75, 3.05) is 6.61 Å². The Hall–Kier alpha value is -0.870. The van der Waals surface area contributed by atoms with E-state index >= 15 is 0 Å². The van der Waals surface area contributed by atoms with E-state index in [2.05, 4.69) is 6.58 Å². The zero-order valence-corrected chi connectivity index (χ0v) is 10.4. The molecule has 0 saturated heterocycles. The van der Waals surface area contributed by atoms with Crippen molar-refractivity contribution in [3.8, 4) is 0 Å². The van der Waals surface area contributed by atoms with Crippen LogP contribution in [0.2, 0.25) is 0 Å². The van der Waals surface area contributed by atoms with Crippen molar-refractivity contribution in [3.63, 3.8) is 0 Å².